The van der Waals surface area contributed by atoms with E-state index in [-0.39, 0.29) is 0 Å². The summed E-state index contributed by atoms with van der Waals surface area (Å²) in [6.07, 6.45) is 5.65. The Bertz CT molecular complexity index is 274. The van der Waals surface area contributed by atoms with Crippen molar-refractivity contribution < 1.29 is 0 Å². The highest BCUT2D eigenvalue weighted by Gasteiger charge is 1.85. The van der Waals surface area contributed by atoms with E-state index in [1.54, 1.807) is 6.08 Å². The topological polar surface area (TPSA) is 0 Å². The van der Waals surface area contributed by atoms with Gasteiger partial charge in [-0.15, -0.1) is 12.6 Å². The van der Waals surface area contributed by atoms with Crippen LogP contribution in [-0.4, -0.2) is 0 Å². The number of hydrogen-bond acceptors (Lipinski definition) is 1. The minimum Gasteiger partial charge on any atom is -0.143 e. The Hall–Kier alpha value is -0.950. The van der Waals surface area contributed by atoms with Gasteiger partial charge in [-0.3, -0.25) is 0 Å². The first-order valence-corrected chi connectivity index (χ1v) is 3.86. The molecule has 1 aromatic rings. The molecule has 1 rings (SSSR count). The van der Waals surface area contributed by atoms with Gasteiger partial charge in [0, 0.05) is 4.90 Å². The largest absolute Gasteiger partial charge is 0.143 e. The molecular weight excluding hydrogens is 152 g/mol. The normalized spacial score (nSPS) is 10.3. The Kier molecular flexibility index (Phi) is 2.99. The van der Waals surface area contributed by atoms with Crippen molar-refractivity contribution in [2.75, 3.05) is 0 Å². The van der Waals surface area contributed by atoms with Crippen LogP contribution in [0.25, 0.3) is 6.08 Å². The summed E-state index contributed by atoms with van der Waals surface area (Å²) in [6.45, 7) is 3.59. The molecule has 0 saturated carbocycles. The van der Waals surface area contributed by atoms with Crippen LogP contribution >= 0.6 is 12.6 Å². The zero-order chi connectivity index (χ0) is 8.10. The molecule has 0 bridgehead atoms. The third kappa shape index (κ3) is 2.64. The van der Waals surface area contributed by atoms with Crippen molar-refractivity contribution in [2.45, 2.75) is 4.90 Å². The van der Waals surface area contributed by atoms with E-state index in [1.807, 2.05) is 36.4 Å². The van der Waals surface area contributed by atoms with Crippen LogP contribution in [-0.2, 0) is 0 Å². The minimum atomic E-state index is 0.983. The van der Waals surface area contributed by atoms with E-state index in [0.717, 1.165) is 10.5 Å². The molecule has 56 valence electrons. The van der Waals surface area contributed by atoms with Crippen LogP contribution in [0.3, 0.4) is 0 Å². The molecule has 0 fully saturated rings. The van der Waals surface area contributed by atoms with Crippen LogP contribution in [0.2, 0.25) is 0 Å². The zero-order valence-corrected chi connectivity index (χ0v) is 7.09. The third-order valence-electron chi connectivity index (χ3n) is 1.29. The van der Waals surface area contributed by atoms with Crippen molar-refractivity contribution in [3.8, 4) is 0 Å². The van der Waals surface area contributed by atoms with Crippen LogP contribution in [0.5, 0.6) is 0 Å². The summed E-state index contributed by atoms with van der Waals surface area (Å²) in [5.74, 6) is 0. The smallest absolute Gasteiger partial charge is 0.00459 e. The average molecular weight is 162 g/mol. The molecule has 0 nitrogen and oxygen atoms in total. The lowest BCUT2D eigenvalue weighted by molar-refractivity contribution is 1.46. The molecule has 0 aliphatic heterocycles. The van der Waals surface area contributed by atoms with E-state index >= 15 is 0 Å². The first-order valence-electron chi connectivity index (χ1n) is 3.41. The van der Waals surface area contributed by atoms with Gasteiger partial charge < -0.3 is 0 Å². The summed E-state index contributed by atoms with van der Waals surface area (Å²) in [7, 11) is 0. The number of rotatable bonds is 2. The predicted octanol–water partition coefficient (Wildman–Crippen LogP) is 3.17. The van der Waals surface area contributed by atoms with Crippen LogP contribution < -0.4 is 0 Å². The molecule has 0 atom stereocenters. The molecule has 0 radical (unpaired) electrons. The van der Waals surface area contributed by atoms with E-state index in [0.29, 0.717) is 0 Å². The molecule has 1 heteroatoms. The summed E-state index contributed by atoms with van der Waals surface area (Å²) >= 11 is 4.22. The molecule has 0 saturated heterocycles. The van der Waals surface area contributed by atoms with E-state index in [1.165, 1.54) is 0 Å². The van der Waals surface area contributed by atoms with Gasteiger partial charge in [-0.2, -0.15) is 0 Å². The molecule has 0 N–H and O–H groups in total. The quantitative estimate of drug-likeness (QED) is 0.501. The van der Waals surface area contributed by atoms with Gasteiger partial charge in [0.1, 0.15) is 0 Å². The highest BCUT2D eigenvalue weighted by molar-refractivity contribution is 7.80. The average Bonchev–Trinajstić information content (AvgIpc) is 2.01. The summed E-state index contributed by atoms with van der Waals surface area (Å²) in [5.41, 5.74) is 1.15. The molecule has 1 aromatic carbocycles. The van der Waals surface area contributed by atoms with Crippen molar-refractivity contribution in [3.05, 3.63) is 48.6 Å². The third-order valence-corrected chi connectivity index (χ3v) is 1.57. The lowest BCUT2D eigenvalue weighted by Crippen LogP contribution is -1.70. The van der Waals surface area contributed by atoms with Gasteiger partial charge in [-0.1, -0.05) is 36.9 Å². The second-order valence-electron chi connectivity index (χ2n) is 2.19. The molecule has 0 unspecified atom stereocenters. The molecule has 0 aliphatic carbocycles. The Morgan fingerprint density at radius 3 is 2.82 bits per heavy atom. The Morgan fingerprint density at radius 1 is 1.36 bits per heavy atom. The summed E-state index contributed by atoms with van der Waals surface area (Å²) in [5, 5.41) is 0. The number of thiol groups is 1. The number of benzene rings is 1. The van der Waals surface area contributed by atoms with E-state index in [4.69, 9.17) is 0 Å². The summed E-state index contributed by atoms with van der Waals surface area (Å²) < 4.78 is 0. The van der Waals surface area contributed by atoms with Gasteiger partial charge in [-0.25, -0.2) is 0 Å². The van der Waals surface area contributed by atoms with E-state index in [9.17, 15) is 0 Å². The van der Waals surface area contributed by atoms with Gasteiger partial charge in [0.05, 0.1) is 0 Å². The maximum atomic E-state index is 4.22. The Labute approximate surface area is 72.7 Å². The minimum absolute atomic E-state index is 0.983. The van der Waals surface area contributed by atoms with Crippen LogP contribution in [0.1, 0.15) is 5.56 Å². The van der Waals surface area contributed by atoms with E-state index in [2.05, 4.69) is 19.2 Å². The second-order valence-corrected chi connectivity index (χ2v) is 2.71. The molecule has 0 amide bonds. The molecule has 0 heterocycles. The van der Waals surface area contributed by atoms with Crippen molar-refractivity contribution in [1.29, 1.82) is 0 Å². The lowest BCUT2D eigenvalue weighted by atomic mass is 10.2. The second kappa shape index (κ2) is 4.04. The fourth-order valence-electron chi connectivity index (χ4n) is 0.808. The summed E-state index contributed by atoms with van der Waals surface area (Å²) in [6, 6.07) is 7.96. The lowest BCUT2D eigenvalue weighted by Gasteiger charge is -1.92. The van der Waals surface area contributed by atoms with Crippen molar-refractivity contribution in [2.24, 2.45) is 0 Å². The Morgan fingerprint density at radius 2 is 2.18 bits per heavy atom. The molecule has 0 aliphatic rings. The maximum absolute atomic E-state index is 4.22. The first-order chi connectivity index (χ1) is 5.33. The van der Waals surface area contributed by atoms with Crippen LogP contribution in [0.4, 0.5) is 0 Å². The van der Waals surface area contributed by atoms with Gasteiger partial charge >= 0.3 is 0 Å². The molecule has 0 spiro atoms. The van der Waals surface area contributed by atoms with Gasteiger partial charge in [0.2, 0.25) is 0 Å². The van der Waals surface area contributed by atoms with Gasteiger partial charge in [0.15, 0.2) is 0 Å². The van der Waals surface area contributed by atoms with Crippen molar-refractivity contribution in [3.63, 3.8) is 0 Å². The molecule has 11 heavy (non-hydrogen) atoms. The zero-order valence-electron chi connectivity index (χ0n) is 6.20. The van der Waals surface area contributed by atoms with Crippen molar-refractivity contribution >= 4 is 18.7 Å². The van der Waals surface area contributed by atoms with Crippen LogP contribution in [0, 0.1) is 0 Å². The summed E-state index contributed by atoms with van der Waals surface area (Å²) in [4.78, 5) is 0.983. The van der Waals surface area contributed by atoms with Crippen LogP contribution in [0.15, 0.2) is 47.9 Å². The Balaban J connectivity index is 2.87. The number of hydrogen-bond donors (Lipinski definition) is 1. The fraction of sp³-hybridized carbons (Fsp3) is 0. The SMILES string of the molecule is C=C/C=C\c1cccc(S)c1. The molecular formula is C10H10S. The van der Waals surface area contributed by atoms with Gasteiger partial charge in [-0.05, 0) is 17.7 Å². The van der Waals surface area contributed by atoms with Gasteiger partial charge in [0.25, 0.3) is 0 Å². The van der Waals surface area contributed by atoms with Crippen molar-refractivity contribution in [1.82, 2.24) is 0 Å². The first kappa shape index (κ1) is 8.15. The molecule has 0 aromatic heterocycles. The van der Waals surface area contributed by atoms with E-state index < -0.39 is 0 Å². The highest BCUT2D eigenvalue weighted by Crippen LogP contribution is 2.09. The number of allylic oxidation sites excluding steroid dienone is 2. The predicted molar refractivity (Wildman–Crippen MR) is 52.9 cm³/mol. The fourth-order valence-corrected chi connectivity index (χ4v) is 1.04. The monoisotopic (exact) mass is 162 g/mol. The maximum Gasteiger partial charge on any atom is 0.00459 e. The standard InChI is InChI=1S/C10H10S/c1-2-3-5-9-6-4-7-10(11)8-9/h2-8,11H,1H2/b5-3-. The highest BCUT2D eigenvalue weighted by atomic mass is 32.1.